The van der Waals surface area contributed by atoms with Crippen molar-refractivity contribution in [3.63, 3.8) is 0 Å². The summed E-state index contributed by atoms with van der Waals surface area (Å²) in [7, 11) is 0. The molecule has 4 aromatic rings. The number of benzene rings is 3. The zero-order valence-electron chi connectivity index (χ0n) is 18.8. The molecule has 1 aliphatic rings. The highest BCUT2D eigenvalue weighted by Gasteiger charge is 2.42. The van der Waals surface area contributed by atoms with Gasteiger partial charge in [-0.25, -0.2) is 0 Å². The molecular formula is C27H22N2O5. The van der Waals surface area contributed by atoms with E-state index in [4.69, 9.17) is 4.42 Å². The van der Waals surface area contributed by atoms with Gasteiger partial charge in [0.2, 0.25) is 5.76 Å². The zero-order valence-corrected chi connectivity index (χ0v) is 18.8. The summed E-state index contributed by atoms with van der Waals surface area (Å²) in [6, 6.07) is 18.6. The molecule has 1 aromatic heterocycles. The molecule has 3 aromatic carbocycles. The molecule has 0 saturated heterocycles. The summed E-state index contributed by atoms with van der Waals surface area (Å²) in [5.41, 5.74) is 3.96. The van der Waals surface area contributed by atoms with E-state index in [1.165, 1.54) is 12.1 Å². The van der Waals surface area contributed by atoms with E-state index in [0.717, 1.165) is 16.7 Å². The van der Waals surface area contributed by atoms with Crippen molar-refractivity contribution in [1.29, 1.82) is 0 Å². The van der Waals surface area contributed by atoms with E-state index < -0.39 is 11.0 Å². The minimum Gasteiger partial charge on any atom is -0.450 e. The minimum atomic E-state index is -0.686. The van der Waals surface area contributed by atoms with E-state index in [1.807, 2.05) is 44.2 Å². The number of nitrogens with zero attached hydrogens (tertiary/aromatic N) is 2. The van der Waals surface area contributed by atoms with Crippen LogP contribution in [0.5, 0.6) is 0 Å². The fourth-order valence-electron chi connectivity index (χ4n) is 4.53. The molecule has 1 atom stereocenters. The molecule has 0 saturated carbocycles. The Morgan fingerprint density at radius 3 is 2.32 bits per heavy atom. The average Bonchev–Trinajstić information content (AvgIpc) is 3.11. The molecule has 7 nitrogen and oxygen atoms in total. The van der Waals surface area contributed by atoms with Crippen LogP contribution in [0.1, 0.15) is 44.4 Å². The second kappa shape index (κ2) is 8.26. The first-order valence-electron chi connectivity index (χ1n) is 11.0. The second-order valence-electron chi connectivity index (χ2n) is 8.59. The van der Waals surface area contributed by atoms with Gasteiger partial charge in [-0.1, -0.05) is 30.3 Å². The predicted octanol–water partition coefficient (Wildman–Crippen LogP) is 5.11. The van der Waals surface area contributed by atoms with E-state index in [9.17, 15) is 19.7 Å². The Bertz CT molecular complexity index is 1490. The Kier molecular flexibility index (Phi) is 5.24. The van der Waals surface area contributed by atoms with Gasteiger partial charge in [0.15, 0.2) is 5.43 Å². The third-order valence-corrected chi connectivity index (χ3v) is 6.49. The van der Waals surface area contributed by atoms with Crippen LogP contribution in [0.15, 0.2) is 75.9 Å². The molecule has 0 spiro atoms. The number of aryl methyl sites for hydroxylation is 2. The van der Waals surface area contributed by atoms with Crippen LogP contribution < -0.4 is 5.43 Å². The van der Waals surface area contributed by atoms with Crippen LogP contribution in [0.2, 0.25) is 0 Å². The van der Waals surface area contributed by atoms with Gasteiger partial charge in [0.25, 0.3) is 11.6 Å². The van der Waals surface area contributed by atoms with E-state index in [0.29, 0.717) is 29.5 Å². The first kappa shape index (κ1) is 21.6. The van der Waals surface area contributed by atoms with Crippen molar-refractivity contribution in [2.24, 2.45) is 0 Å². The number of rotatable bonds is 5. The van der Waals surface area contributed by atoms with E-state index in [-0.39, 0.29) is 28.3 Å². The van der Waals surface area contributed by atoms with Gasteiger partial charge in [0.05, 0.1) is 21.9 Å². The van der Waals surface area contributed by atoms with Crippen molar-refractivity contribution in [3.05, 3.63) is 121 Å². The summed E-state index contributed by atoms with van der Waals surface area (Å²) in [5, 5.41) is 11.6. The summed E-state index contributed by atoms with van der Waals surface area (Å²) >= 11 is 0. The van der Waals surface area contributed by atoms with Crippen LogP contribution in [0, 0.1) is 24.0 Å². The SMILES string of the molecule is Cc1cc2oc3c(c(=O)c2cc1C)C(c1ccc([N+](=O)[O-])cc1)N(CCc1ccccc1)C3=O. The van der Waals surface area contributed by atoms with E-state index in [1.54, 1.807) is 29.2 Å². The lowest BCUT2D eigenvalue weighted by Gasteiger charge is -2.25. The monoisotopic (exact) mass is 454 g/mol. The summed E-state index contributed by atoms with van der Waals surface area (Å²) in [5.74, 6) is -0.316. The maximum Gasteiger partial charge on any atom is 0.290 e. The Morgan fingerprint density at radius 2 is 1.65 bits per heavy atom. The first-order valence-corrected chi connectivity index (χ1v) is 11.0. The van der Waals surface area contributed by atoms with Crippen molar-refractivity contribution >= 4 is 22.6 Å². The highest BCUT2D eigenvalue weighted by Crippen LogP contribution is 2.39. The number of fused-ring (bicyclic) bond motifs is 2. The lowest BCUT2D eigenvalue weighted by Crippen LogP contribution is -2.31. The van der Waals surface area contributed by atoms with E-state index >= 15 is 0 Å². The van der Waals surface area contributed by atoms with Gasteiger partial charge < -0.3 is 9.32 Å². The maximum absolute atomic E-state index is 13.7. The number of nitro benzene ring substituents is 1. The fraction of sp³-hybridized carbons (Fsp3) is 0.185. The standard InChI is InChI=1S/C27H22N2O5/c1-16-14-21-22(15-17(16)2)34-26-23(25(21)30)24(19-8-10-20(11-9-19)29(32)33)28(27(26)31)13-12-18-6-4-3-5-7-18/h3-11,14-15,24H,12-13H2,1-2H3. The number of carbonyl (C=O) groups excluding carboxylic acids is 1. The van der Waals surface area contributed by atoms with Crippen molar-refractivity contribution in [2.45, 2.75) is 26.3 Å². The van der Waals surface area contributed by atoms with Gasteiger partial charge >= 0.3 is 0 Å². The Balaban J connectivity index is 1.66. The number of amides is 1. The van der Waals surface area contributed by atoms with Crippen molar-refractivity contribution in [1.82, 2.24) is 4.90 Å². The quantitative estimate of drug-likeness (QED) is 0.309. The van der Waals surface area contributed by atoms with Gasteiger partial charge in [0, 0.05) is 18.7 Å². The minimum absolute atomic E-state index is 0.0390. The van der Waals surface area contributed by atoms with Crippen LogP contribution in [0.25, 0.3) is 11.0 Å². The molecule has 0 N–H and O–H groups in total. The van der Waals surface area contributed by atoms with Gasteiger partial charge in [-0.3, -0.25) is 19.7 Å². The molecule has 1 aliphatic heterocycles. The van der Waals surface area contributed by atoms with Crippen molar-refractivity contribution in [2.75, 3.05) is 6.54 Å². The lowest BCUT2D eigenvalue weighted by atomic mass is 9.97. The van der Waals surface area contributed by atoms with Gasteiger partial charge in [-0.2, -0.15) is 0 Å². The smallest absolute Gasteiger partial charge is 0.290 e. The average molecular weight is 454 g/mol. The number of hydrogen-bond donors (Lipinski definition) is 0. The molecule has 5 rings (SSSR count). The topological polar surface area (TPSA) is 93.7 Å². The highest BCUT2D eigenvalue weighted by molar-refractivity contribution is 5.99. The van der Waals surface area contributed by atoms with Crippen LogP contribution in [-0.4, -0.2) is 22.3 Å². The molecule has 0 fully saturated rings. The number of carbonyl (C=O) groups is 1. The number of hydrogen-bond acceptors (Lipinski definition) is 5. The van der Waals surface area contributed by atoms with Gasteiger partial charge in [-0.15, -0.1) is 0 Å². The normalized spacial score (nSPS) is 15.1. The summed E-state index contributed by atoms with van der Waals surface area (Å²) in [6.07, 6.45) is 0.593. The van der Waals surface area contributed by atoms with Crippen molar-refractivity contribution < 1.29 is 14.1 Å². The van der Waals surface area contributed by atoms with E-state index in [2.05, 4.69) is 0 Å². The largest absolute Gasteiger partial charge is 0.450 e. The molecule has 0 radical (unpaired) electrons. The summed E-state index contributed by atoms with van der Waals surface area (Å²) in [4.78, 5) is 39.5. The number of nitro groups is 1. The van der Waals surface area contributed by atoms with Crippen LogP contribution >= 0.6 is 0 Å². The third-order valence-electron chi connectivity index (χ3n) is 6.49. The van der Waals surface area contributed by atoms with Crippen LogP contribution in [0.4, 0.5) is 5.69 Å². The Hall–Kier alpha value is -4.26. The molecule has 170 valence electrons. The molecule has 0 aliphatic carbocycles. The molecule has 1 amide bonds. The molecular weight excluding hydrogens is 432 g/mol. The Morgan fingerprint density at radius 1 is 0.971 bits per heavy atom. The highest BCUT2D eigenvalue weighted by atomic mass is 16.6. The zero-order chi connectivity index (χ0) is 24.0. The molecule has 0 bridgehead atoms. The fourth-order valence-corrected chi connectivity index (χ4v) is 4.53. The third kappa shape index (κ3) is 3.55. The number of non-ortho nitro benzene ring substituents is 1. The molecule has 7 heteroatoms. The Labute approximate surface area is 195 Å². The second-order valence-corrected chi connectivity index (χ2v) is 8.59. The lowest BCUT2D eigenvalue weighted by molar-refractivity contribution is -0.384. The van der Waals surface area contributed by atoms with Gasteiger partial charge in [0.1, 0.15) is 5.58 Å². The first-order chi connectivity index (χ1) is 16.3. The molecule has 34 heavy (non-hydrogen) atoms. The molecule has 2 heterocycles. The van der Waals surface area contributed by atoms with Crippen LogP contribution in [0.3, 0.4) is 0 Å². The van der Waals surface area contributed by atoms with Crippen LogP contribution in [-0.2, 0) is 6.42 Å². The summed E-state index contributed by atoms with van der Waals surface area (Å²) < 4.78 is 6.03. The van der Waals surface area contributed by atoms with Crippen molar-refractivity contribution in [3.8, 4) is 0 Å². The maximum atomic E-state index is 13.7. The predicted molar refractivity (Wildman–Crippen MR) is 128 cm³/mol. The van der Waals surface area contributed by atoms with Gasteiger partial charge in [-0.05, 0) is 66.8 Å². The summed E-state index contributed by atoms with van der Waals surface area (Å²) in [6.45, 7) is 4.21. The molecule has 1 unspecified atom stereocenters.